The van der Waals surface area contributed by atoms with E-state index in [4.69, 9.17) is 31.2 Å². The van der Waals surface area contributed by atoms with Crippen LogP contribution >= 0.6 is 12.2 Å². The zero-order chi connectivity index (χ0) is 26.5. The summed E-state index contributed by atoms with van der Waals surface area (Å²) < 4.78 is 21.7. The summed E-state index contributed by atoms with van der Waals surface area (Å²) in [5, 5.41) is 5.41. The molecule has 11 heteroatoms. The number of piperazine rings is 1. The maximum Gasteiger partial charge on any atom is 0.308 e. The van der Waals surface area contributed by atoms with Crippen LogP contribution in [0.4, 0.5) is 0 Å². The SMILES string of the molecule is CCOCCOc1ccccc1C(=O)NC(=S)N1CCNC(=O)C1CC(=O)OCCOc1ccccc1. The molecule has 0 bridgehead atoms. The zero-order valence-electron chi connectivity index (χ0n) is 20.6. The van der Waals surface area contributed by atoms with Crippen molar-refractivity contribution in [1.82, 2.24) is 15.5 Å². The number of hydrogen-bond acceptors (Lipinski definition) is 8. The zero-order valence-corrected chi connectivity index (χ0v) is 21.5. The first kappa shape index (κ1) is 27.9. The number of carbonyl (C=O) groups is 3. The molecule has 1 aliphatic heterocycles. The minimum atomic E-state index is -0.915. The highest BCUT2D eigenvalue weighted by Gasteiger charge is 2.34. The Balaban J connectivity index is 1.54. The maximum atomic E-state index is 13.0. The number of carbonyl (C=O) groups excluding carboxylic acids is 3. The van der Waals surface area contributed by atoms with Crippen molar-refractivity contribution in [3.63, 3.8) is 0 Å². The van der Waals surface area contributed by atoms with Crippen LogP contribution in [0.2, 0.25) is 0 Å². The molecule has 0 spiro atoms. The lowest BCUT2D eigenvalue weighted by Gasteiger charge is -2.36. The van der Waals surface area contributed by atoms with Gasteiger partial charge in [-0.2, -0.15) is 0 Å². The number of esters is 1. The van der Waals surface area contributed by atoms with Gasteiger partial charge in [-0.3, -0.25) is 19.7 Å². The van der Waals surface area contributed by atoms with Crippen LogP contribution < -0.4 is 20.1 Å². The first-order valence-electron chi connectivity index (χ1n) is 12.0. The van der Waals surface area contributed by atoms with Crippen molar-refractivity contribution in [1.29, 1.82) is 0 Å². The Bertz CT molecular complexity index is 1070. The van der Waals surface area contributed by atoms with E-state index in [1.54, 1.807) is 36.4 Å². The summed E-state index contributed by atoms with van der Waals surface area (Å²) in [5.74, 6) is -0.385. The Morgan fingerprint density at radius 2 is 1.76 bits per heavy atom. The second-order valence-corrected chi connectivity index (χ2v) is 8.27. The molecule has 0 radical (unpaired) electrons. The molecule has 0 saturated carbocycles. The fourth-order valence-corrected chi connectivity index (χ4v) is 3.89. The number of nitrogens with one attached hydrogen (secondary N) is 2. The molecular weight excluding hydrogens is 498 g/mol. The third kappa shape index (κ3) is 8.72. The number of ether oxygens (including phenoxy) is 4. The molecule has 1 fully saturated rings. The highest BCUT2D eigenvalue weighted by molar-refractivity contribution is 7.80. The summed E-state index contributed by atoms with van der Waals surface area (Å²) >= 11 is 5.44. The molecular formula is C26H31N3O7S. The van der Waals surface area contributed by atoms with Gasteiger partial charge in [0.05, 0.1) is 18.6 Å². The van der Waals surface area contributed by atoms with Crippen LogP contribution in [-0.4, -0.2) is 80.0 Å². The third-order valence-corrected chi connectivity index (χ3v) is 5.69. The highest BCUT2D eigenvalue weighted by atomic mass is 32.1. The van der Waals surface area contributed by atoms with Gasteiger partial charge in [-0.1, -0.05) is 30.3 Å². The van der Waals surface area contributed by atoms with Crippen molar-refractivity contribution in [2.45, 2.75) is 19.4 Å². The first-order chi connectivity index (χ1) is 18.0. The summed E-state index contributed by atoms with van der Waals surface area (Å²) in [6.45, 7) is 3.99. The molecule has 1 heterocycles. The fourth-order valence-electron chi connectivity index (χ4n) is 3.58. The van der Waals surface area contributed by atoms with E-state index in [0.29, 0.717) is 37.8 Å². The number of rotatable bonds is 12. The van der Waals surface area contributed by atoms with E-state index >= 15 is 0 Å². The van der Waals surface area contributed by atoms with Crippen LogP contribution in [0.25, 0.3) is 0 Å². The van der Waals surface area contributed by atoms with E-state index in [-0.39, 0.29) is 42.8 Å². The molecule has 1 atom stereocenters. The molecule has 198 valence electrons. The Morgan fingerprint density at radius 1 is 1.03 bits per heavy atom. The lowest BCUT2D eigenvalue weighted by atomic mass is 10.1. The molecule has 2 aromatic rings. The second-order valence-electron chi connectivity index (χ2n) is 7.89. The van der Waals surface area contributed by atoms with Gasteiger partial charge in [-0.05, 0) is 43.4 Å². The third-order valence-electron chi connectivity index (χ3n) is 5.35. The van der Waals surface area contributed by atoms with Crippen molar-refractivity contribution < 1.29 is 33.3 Å². The minimum Gasteiger partial charge on any atom is -0.490 e. The largest absolute Gasteiger partial charge is 0.490 e. The number of thiocarbonyl (C=S) groups is 1. The van der Waals surface area contributed by atoms with Gasteiger partial charge in [-0.25, -0.2) is 0 Å². The average molecular weight is 530 g/mol. The van der Waals surface area contributed by atoms with Gasteiger partial charge in [0.15, 0.2) is 5.11 Å². The number of hydrogen-bond donors (Lipinski definition) is 2. The summed E-state index contributed by atoms with van der Waals surface area (Å²) in [7, 11) is 0. The average Bonchev–Trinajstić information content (AvgIpc) is 2.91. The van der Waals surface area contributed by atoms with Crippen LogP contribution in [-0.2, 0) is 19.1 Å². The molecule has 0 aromatic heterocycles. The van der Waals surface area contributed by atoms with Crippen molar-refractivity contribution >= 4 is 35.1 Å². The minimum absolute atomic E-state index is 0.0311. The van der Waals surface area contributed by atoms with E-state index < -0.39 is 17.9 Å². The van der Waals surface area contributed by atoms with Crippen LogP contribution in [0.1, 0.15) is 23.7 Å². The molecule has 1 aliphatic rings. The predicted molar refractivity (Wildman–Crippen MR) is 140 cm³/mol. The summed E-state index contributed by atoms with van der Waals surface area (Å²) in [5.41, 5.74) is 0.289. The molecule has 0 aliphatic carbocycles. The Labute approximate surface area is 221 Å². The predicted octanol–water partition coefficient (Wildman–Crippen LogP) is 1.93. The molecule has 1 unspecified atom stereocenters. The Morgan fingerprint density at radius 3 is 2.54 bits per heavy atom. The van der Waals surface area contributed by atoms with Crippen LogP contribution in [0.15, 0.2) is 54.6 Å². The Kier molecular flexibility index (Phi) is 11.1. The Hall–Kier alpha value is -3.70. The van der Waals surface area contributed by atoms with E-state index in [2.05, 4.69) is 10.6 Å². The molecule has 10 nitrogen and oxygen atoms in total. The fraction of sp³-hybridized carbons (Fsp3) is 0.385. The summed E-state index contributed by atoms with van der Waals surface area (Å²) in [6, 6.07) is 15.0. The molecule has 1 saturated heterocycles. The standard InChI is InChI=1S/C26H31N3O7S/c1-2-33-14-15-35-22-11-7-6-10-20(22)24(31)28-26(37)29-13-12-27-25(32)21(29)18-23(30)36-17-16-34-19-8-4-3-5-9-19/h3-11,21H,2,12-18H2,1H3,(H,27,32)(H,28,31,37). The van der Waals surface area contributed by atoms with E-state index in [9.17, 15) is 14.4 Å². The van der Waals surface area contributed by atoms with E-state index in [1.807, 2.05) is 25.1 Å². The van der Waals surface area contributed by atoms with Gasteiger partial charge < -0.3 is 29.2 Å². The number of para-hydroxylation sites is 2. The van der Waals surface area contributed by atoms with Crippen LogP contribution in [0.5, 0.6) is 11.5 Å². The first-order valence-corrected chi connectivity index (χ1v) is 12.4. The lowest BCUT2D eigenvalue weighted by Crippen LogP contribution is -2.60. The van der Waals surface area contributed by atoms with Crippen LogP contribution in [0.3, 0.4) is 0 Å². The highest BCUT2D eigenvalue weighted by Crippen LogP contribution is 2.18. The van der Waals surface area contributed by atoms with Gasteiger partial charge >= 0.3 is 5.97 Å². The van der Waals surface area contributed by atoms with E-state index in [1.165, 1.54) is 4.90 Å². The van der Waals surface area contributed by atoms with Gasteiger partial charge in [0, 0.05) is 19.7 Å². The lowest BCUT2D eigenvalue weighted by molar-refractivity contribution is -0.148. The van der Waals surface area contributed by atoms with Gasteiger partial charge in [-0.15, -0.1) is 0 Å². The second kappa shape index (κ2) is 14.8. The monoisotopic (exact) mass is 529 g/mol. The number of nitrogens with zero attached hydrogens (tertiary/aromatic N) is 1. The molecule has 2 N–H and O–H groups in total. The van der Waals surface area contributed by atoms with Crippen molar-refractivity contribution in [3.05, 3.63) is 60.2 Å². The molecule has 37 heavy (non-hydrogen) atoms. The van der Waals surface area contributed by atoms with Crippen molar-refractivity contribution in [3.8, 4) is 11.5 Å². The number of benzene rings is 2. The topological polar surface area (TPSA) is 115 Å². The van der Waals surface area contributed by atoms with Crippen molar-refractivity contribution in [2.75, 3.05) is 46.1 Å². The molecule has 3 rings (SSSR count). The van der Waals surface area contributed by atoms with Gasteiger partial charge in [0.25, 0.3) is 5.91 Å². The van der Waals surface area contributed by atoms with Gasteiger partial charge in [0.2, 0.25) is 5.91 Å². The quantitative estimate of drug-likeness (QED) is 0.242. The smallest absolute Gasteiger partial charge is 0.308 e. The van der Waals surface area contributed by atoms with E-state index in [0.717, 1.165) is 0 Å². The van der Waals surface area contributed by atoms with Gasteiger partial charge in [0.1, 0.15) is 37.4 Å². The maximum absolute atomic E-state index is 13.0. The summed E-state index contributed by atoms with van der Waals surface area (Å²) in [6.07, 6.45) is -0.232. The summed E-state index contributed by atoms with van der Waals surface area (Å²) in [4.78, 5) is 39.5. The van der Waals surface area contributed by atoms with Crippen molar-refractivity contribution in [2.24, 2.45) is 0 Å². The molecule has 2 aromatic carbocycles. The normalized spacial score (nSPS) is 14.9. The molecule has 2 amide bonds. The van der Waals surface area contributed by atoms with Crippen LogP contribution in [0, 0.1) is 0 Å². The number of amides is 2.